The number of imidazole rings is 1. The first-order valence-corrected chi connectivity index (χ1v) is 10.6. The normalized spacial score (nSPS) is 19.8. The van der Waals surface area contributed by atoms with Crippen LogP contribution in [0.4, 0.5) is 23.4 Å². The van der Waals surface area contributed by atoms with Crippen molar-refractivity contribution in [1.29, 1.82) is 0 Å². The largest absolute Gasteiger partial charge is 0.351 e. The van der Waals surface area contributed by atoms with Crippen LogP contribution in [0.2, 0.25) is 0 Å². The number of anilines is 1. The van der Waals surface area contributed by atoms with E-state index in [0.29, 0.717) is 28.9 Å². The molecule has 0 amide bonds. The number of halogens is 4. The minimum Gasteiger partial charge on any atom is -0.351 e. The lowest BCUT2D eigenvalue weighted by Crippen LogP contribution is -2.44. The van der Waals surface area contributed by atoms with Gasteiger partial charge in [-0.05, 0) is 42.8 Å². The van der Waals surface area contributed by atoms with Gasteiger partial charge in [0.2, 0.25) is 0 Å². The van der Waals surface area contributed by atoms with Crippen LogP contribution in [0, 0.1) is 11.6 Å². The quantitative estimate of drug-likeness (QED) is 0.468. The summed E-state index contributed by atoms with van der Waals surface area (Å²) < 4.78 is 56.6. The fourth-order valence-corrected chi connectivity index (χ4v) is 4.74. The zero-order valence-corrected chi connectivity index (χ0v) is 17.2. The van der Waals surface area contributed by atoms with Gasteiger partial charge in [-0.2, -0.15) is 0 Å². The highest BCUT2D eigenvalue weighted by Gasteiger charge is 2.38. The van der Waals surface area contributed by atoms with Crippen LogP contribution >= 0.6 is 0 Å². The summed E-state index contributed by atoms with van der Waals surface area (Å²) in [5, 5.41) is 3.45. The first-order valence-electron chi connectivity index (χ1n) is 10.6. The minimum atomic E-state index is -2.78. The Kier molecular flexibility index (Phi) is 4.58. The summed E-state index contributed by atoms with van der Waals surface area (Å²) in [6.07, 6.45) is -0.475. The highest BCUT2D eigenvalue weighted by molar-refractivity contribution is 5.82. The second-order valence-corrected chi connectivity index (χ2v) is 8.29. The first-order chi connectivity index (χ1) is 16.0. The van der Waals surface area contributed by atoms with Crippen molar-refractivity contribution >= 4 is 17.0 Å². The topological polar surface area (TPSA) is 58.9 Å². The third-order valence-electron chi connectivity index (χ3n) is 6.26. The molecule has 0 spiro atoms. The average Bonchev–Trinajstić information content (AvgIpc) is 3.53. The number of benzene rings is 1. The molecule has 33 heavy (non-hydrogen) atoms. The molecular formula is C23H18F4N6. The van der Waals surface area contributed by atoms with Crippen LogP contribution in [0.5, 0.6) is 0 Å². The lowest BCUT2D eigenvalue weighted by atomic mass is 10.2. The van der Waals surface area contributed by atoms with Crippen LogP contribution in [-0.2, 0) is 0 Å². The second kappa shape index (κ2) is 7.51. The molecule has 5 heterocycles. The Hall–Kier alpha value is -3.53. The van der Waals surface area contributed by atoms with Crippen LogP contribution in [0.1, 0.15) is 18.5 Å². The number of nitrogens with one attached hydrogen (secondary N) is 1. The summed E-state index contributed by atoms with van der Waals surface area (Å²) in [7, 11) is 0. The number of piperazine rings is 1. The summed E-state index contributed by atoms with van der Waals surface area (Å²) in [6, 6.07) is 10.3. The lowest BCUT2D eigenvalue weighted by Gasteiger charge is -2.28. The van der Waals surface area contributed by atoms with Crippen molar-refractivity contribution in [3.63, 3.8) is 0 Å². The van der Waals surface area contributed by atoms with Gasteiger partial charge in [0.05, 0.1) is 11.3 Å². The predicted molar refractivity (Wildman–Crippen MR) is 115 cm³/mol. The van der Waals surface area contributed by atoms with Gasteiger partial charge in [-0.3, -0.25) is 9.55 Å². The molecule has 2 aliphatic heterocycles. The average molecular weight is 454 g/mol. The maximum atomic E-state index is 14.7. The minimum absolute atomic E-state index is 0.0378. The van der Waals surface area contributed by atoms with Crippen molar-refractivity contribution in [2.75, 3.05) is 18.0 Å². The van der Waals surface area contributed by atoms with Gasteiger partial charge in [-0.1, -0.05) is 0 Å². The van der Waals surface area contributed by atoms with Crippen molar-refractivity contribution in [1.82, 2.24) is 24.8 Å². The highest BCUT2D eigenvalue weighted by Crippen LogP contribution is 2.34. The summed E-state index contributed by atoms with van der Waals surface area (Å²) in [5.41, 5.74) is 0.800. The fraction of sp³-hybridized carbons (Fsp3) is 0.261. The smallest absolute Gasteiger partial charge is 0.280 e. The molecule has 2 saturated heterocycles. The van der Waals surface area contributed by atoms with Gasteiger partial charge in [0.15, 0.2) is 5.65 Å². The Morgan fingerprint density at radius 3 is 2.64 bits per heavy atom. The molecule has 4 aromatic rings. The van der Waals surface area contributed by atoms with Gasteiger partial charge in [-0.25, -0.2) is 27.5 Å². The van der Waals surface area contributed by atoms with E-state index in [1.165, 1.54) is 29.0 Å². The number of nitrogens with zero attached hydrogens (tertiary/aromatic N) is 5. The number of fused-ring (bicyclic) bond motifs is 3. The van der Waals surface area contributed by atoms with E-state index in [1.54, 1.807) is 6.07 Å². The number of aromatic nitrogens is 4. The molecule has 1 N–H and O–H groups in total. The molecule has 2 bridgehead atoms. The zero-order chi connectivity index (χ0) is 22.7. The maximum absolute atomic E-state index is 14.7. The molecule has 2 atom stereocenters. The van der Waals surface area contributed by atoms with Gasteiger partial charge in [0.1, 0.15) is 34.5 Å². The van der Waals surface area contributed by atoms with Gasteiger partial charge < -0.3 is 10.2 Å². The van der Waals surface area contributed by atoms with Crippen LogP contribution in [-0.4, -0.2) is 44.7 Å². The summed E-state index contributed by atoms with van der Waals surface area (Å²) in [6.45, 7) is 1.69. The van der Waals surface area contributed by atoms with Gasteiger partial charge in [0, 0.05) is 37.4 Å². The molecular weight excluding hydrogens is 436 g/mol. The van der Waals surface area contributed by atoms with E-state index in [2.05, 4.69) is 20.2 Å². The molecule has 168 valence electrons. The molecule has 6 rings (SSSR count). The zero-order valence-electron chi connectivity index (χ0n) is 17.2. The third-order valence-corrected chi connectivity index (χ3v) is 6.26. The number of hydrogen-bond donors (Lipinski definition) is 1. The third kappa shape index (κ3) is 3.32. The number of pyridine rings is 2. The van der Waals surface area contributed by atoms with Gasteiger partial charge in [-0.15, -0.1) is 0 Å². The standard InChI is InChI=1S/C23H18F4N6/c24-12-1-2-16(17(25)7-12)22-30-18-3-4-20(32-11-13-8-15(32)10-29-13)31-23(18)33(22)14-5-6-28-19(9-14)21(26)27/h1-7,9,13,15,21,29H,8,10-11H2. The van der Waals surface area contributed by atoms with Crippen LogP contribution in [0.3, 0.4) is 0 Å². The molecule has 0 radical (unpaired) electrons. The molecule has 6 nitrogen and oxygen atoms in total. The van der Waals surface area contributed by atoms with E-state index in [9.17, 15) is 17.6 Å². The van der Waals surface area contributed by atoms with Crippen LogP contribution in [0.25, 0.3) is 28.2 Å². The van der Waals surface area contributed by atoms with E-state index in [4.69, 9.17) is 4.98 Å². The molecule has 10 heteroatoms. The molecule has 0 aliphatic carbocycles. The Morgan fingerprint density at radius 1 is 1.03 bits per heavy atom. The molecule has 3 aromatic heterocycles. The molecule has 2 aliphatic rings. The van der Waals surface area contributed by atoms with E-state index in [0.717, 1.165) is 37.5 Å². The van der Waals surface area contributed by atoms with E-state index < -0.39 is 23.8 Å². The van der Waals surface area contributed by atoms with Crippen molar-refractivity contribution in [3.05, 3.63) is 66.0 Å². The van der Waals surface area contributed by atoms with E-state index in [-0.39, 0.29) is 11.4 Å². The van der Waals surface area contributed by atoms with Crippen LogP contribution < -0.4 is 10.2 Å². The number of rotatable bonds is 4. The van der Waals surface area contributed by atoms with E-state index in [1.807, 2.05) is 6.07 Å². The lowest BCUT2D eigenvalue weighted by molar-refractivity contribution is 0.146. The SMILES string of the molecule is Fc1ccc(-c2nc3ccc(N4CC5CC4CN5)nc3n2-c2ccnc(C(F)F)c2)c(F)c1. The first kappa shape index (κ1) is 20.1. The van der Waals surface area contributed by atoms with Crippen molar-refractivity contribution in [3.8, 4) is 17.1 Å². The Balaban J connectivity index is 1.58. The molecule has 0 saturated carbocycles. The summed E-state index contributed by atoms with van der Waals surface area (Å²) in [4.78, 5) is 15.3. The highest BCUT2D eigenvalue weighted by atomic mass is 19.3. The molecule has 2 fully saturated rings. The molecule has 1 aromatic carbocycles. The van der Waals surface area contributed by atoms with Gasteiger partial charge in [0.25, 0.3) is 6.43 Å². The summed E-state index contributed by atoms with van der Waals surface area (Å²) in [5.74, 6) is -0.645. The van der Waals surface area contributed by atoms with E-state index >= 15 is 0 Å². The maximum Gasteiger partial charge on any atom is 0.280 e. The summed E-state index contributed by atoms with van der Waals surface area (Å²) >= 11 is 0. The van der Waals surface area contributed by atoms with Crippen LogP contribution in [0.15, 0.2) is 48.7 Å². The Labute approximate surface area is 185 Å². The van der Waals surface area contributed by atoms with Gasteiger partial charge >= 0.3 is 0 Å². The van der Waals surface area contributed by atoms with Crippen molar-refractivity contribution in [2.24, 2.45) is 0 Å². The van der Waals surface area contributed by atoms with Crippen molar-refractivity contribution in [2.45, 2.75) is 24.9 Å². The Bertz CT molecular complexity index is 1370. The fourth-order valence-electron chi connectivity index (χ4n) is 4.74. The van der Waals surface area contributed by atoms with Crippen molar-refractivity contribution < 1.29 is 17.6 Å². The number of alkyl halides is 2. The number of hydrogen-bond acceptors (Lipinski definition) is 5. The monoisotopic (exact) mass is 454 g/mol. The Morgan fingerprint density at radius 2 is 1.91 bits per heavy atom. The predicted octanol–water partition coefficient (Wildman–Crippen LogP) is 4.25. The second-order valence-electron chi connectivity index (χ2n) is 8.29. The molecule has 2 unspecified atom stereocenters.